The Labute approximate surface area is 236 Å². The van der Waals surface area contributed by atoms with Crippen molar-refractivity contribution in [1.82, 2.24) is 24.6 Å². The van der Waals surface area contributed by atoms with Crippen LogP contribution in [0.4, 0.5) is 0 Å². The van der Waals surface area contributed by atoms with Crippen LogP contribution < -0.4 is 5.32 Å². The average Bonchev–Trinajstić information content (AvgIpc) is 3.53. The SMILES string of the molecule is CC(=NO)c1c2n(c3ccc(C)cc13)C[C@@](NC(=O)c1ccc(-n3cnc(C)n3)cc1Cl)(c1ccccc1)CC2. The maximum absolute atomic E-state index is 13.9. The number of carbonyl (C=O) groups excluding carboxylic acids is 1. The van der Waals surface area contributed by atoms with Gasteiger partial charge < -0.3 is 15.1 Å². The fourth-order valence-corrected chi connectivity index (χ4v) is 6.11. The summed E-state index contributed by atoms with van der Waals surface area (Å²) in [6, 6.07) is 21.7. The van der Waals surface area contributed by atoms with E-state index < -0.39 is 5.54 Å². The van der Waals surface area contributed by atoms with E-state index in [4.69, 9.17) is 11.6 Å². The van der Waals surface area contributed by atoms with Gasteiger partial charge >= 0.3 is 0 Å². The molecule has 1 aliphatic heterocycles. The summed E-state index contributed by atoms with van der Waals surface area (Å²) in [5.74, 6) is 0.398. The zero-order valence-electron chi connectivity index (χ0n) is 22.5. The summed E-state index contributed by atoms with van der Waals surface area (Å²) in [6.07, 6.45) is 2.96. The van der Waals surface area contributed by atoms with Crippen molar-refractivity contribution >= 4 is 34.1 Å². The van der Waals surface area contributed by atoms with Crippen molar-refractivity contribution in [3.8, 4) is 5.69 Å². The first-order valence-electron chi connectivity index (χ1n) is 13.2. The lowest BCUT2D eigenvalue weighted by Gasteiger charge is -2.40. The Bertz CT molecular complexity index is 1790. The summed E-state index contributed by atoms with van der Waals surface area (Å²) >= 11 is 6.65. The van der Waals surface area contributed by atoms with Gasteiger partial charge in [0.05, 0.1) is 34.1 Å². The third-order valence-electron chi connectivity index (χ3n) is 7.80. The molecular formula is C31H29ClN6O2. The monoisotopic (exact) mass is 552 g/mol. The standard InChI is InChI=1S/C31H29ClN6O2/c1-19-9-12-27-25(15-19)29(20(2)36-40)28-13-14-31(17-37(27)28,22-7-5-4-6-8-22)34-30(39)24-11-10-23(16-26(24)32)38-18-33-21(3)35-38/h4-12,15-16,18,40H,13-14,17H2,1-3H3,(H,34,39)/t31-/m1/s1. The van der Waals surface area contributed by atoms with E-state index in [9.17, 15) is 10.0 Å². The molecule has 0 radical (unpaired) electrons. The highest BCUT2D eigenvalue weighted by Gasteiger charge is 2.40. The Morgan fingerprint density at radius 2 is 1.90 bits per heavy atom. The molecule has 0 saturated heterocycles. The molecule has 0 unspecified atom stereocenters. The summed E-state index contributed by atoms with van der Waals surface area (Å²) in [5, 5.41) is 22.3. The summed E-state index contributed by atoms with van der Waals surface area (Å²) in [4.78, 5) is 18.0. The minimum absolute atomic E-state index is 0.251. The van der Waals surface area contributed by atoms with E-state index in [1.54, 1.807) is 23.1 Å². The van der Waals surface area contributed by atoms with E-state index in [1.807, 2.05) is 38.1 Å². The van der Waals surface area contributed by atoms with Gasteiger partial charge in [0, 0.05) is 22.2 Å². The van der Waals surface area contributed by atoms with Crippen LogP contribution in [0.25, 0.3) is 16.6 Å². The lowest BCUT2D eigenvalue weighted by atomic mass is 9.81. The fraction of sp³-hybridized carbons (Fsp3) is 0.226. The van der Waals surface area contributed by atoms with Gasteiger partial charge in [-0.15, -0.1) is 0 Å². The van der Waals surface area contributed by atoms with Crippen molar-refractivity contribution in [2.45, 2.75) is 45.7 Å². The Morgan fingerprint density at radius 1 is 1.10 bits per heavy atom. The van der Waals surface area contributed by atoms with E-state index in [0.29, 0.717) is 41.5 Å². The molecule has 0 fully saturated rings. The largest absolute Gasteiger partial charge is 0.411 e. The number of benzene rings is 3. The van der Waals surface area contributed by atoms with E-state index in [-0.39, 0.29) is 5.91 Å². The van der Waals surface area contributed by atoms with Gasteiger partial charge in [-0.3, -0.25) is 4.79 Å². The molecule has 3 heterocycles. The number of aryl methyl sites for hydroxylation is 2. The molecule has 3 aromatic carbocycles. The maximum atomic E-state index is 13.9. The second kappa shape index (κ2) is 9.95. The fourth-order valence-electron chi connectivity index (χ4n) is 5.85. The molecule has 1 aliphatic rings. The molecule has 0 aliphatic carbocycles. The lowest BCUT2D eigenvalue weighted by molar-refractivity contribution is 0.0868. The van der Waals surface area contributed by atoms with Crippen LogP contribution in [0.1, 0.15) is 51.9 Å². The Hall–Kier alpha value is -4.43. The molecule has 1 amide bonds. The Balaban J connectivity index is 1.42. The minimum Gasteiger partial charge on any atom is -0.411 e. The second-order valence-corrected chi connectivity index (χ2v) is 10.8. The van der Waals surface area contributed by atoms with Crippen LogP contribution in [-0.4, -0.2) is 36.2 Å². The first-order chi connectivity index (χ1) is 19.3. The Morgan fingerprint density at radius 3 is 2.60 bits per heavy atom. The van der Waals surface area contributed by atoms with Crippen molar-refractivity contribution in [3.63, 3.8) is 0 Å². The van der Waals surface area contributed by atoms with Crippen molar-refractivity contribution in [3.05, 3.63) is 112 Å². The molecule has 2 N–H and O–H groups in total. The summed E-state index contributed by atoms with van der Waals surface area (Å²) in [6.45, 7) is 6.21. The highest BCUT2D eigenvalue weighted by molar-refractivity contribution is 6.34. The van der Waals surface area contributed by atoms with Crippen molar-refractivity contribution < 1.29 is 10.0 Å². The van der Waals surface area contributed by atoms with E-state index in [2.05, 4.69) is 62.4 Å². The number of halogens is 1. The van der Waals surface area contributed by atoms with Crippen LogP contribution in [-0.2, 0) is 18.5 Å². The zero-order valence-corrected chi connectivity index (χ0v) is 23.3. The summed E-state index contributed by atoms with van der Waals surface area (Å²) < 4.78 is 3.89. The topological polar surface area (TPSA) is 97.3 Å². The quantitative estimate of drug-likeness (QED) is 0.160. The van der Waals surface area contributed by atoms with Crippen LogP contribution in [0.3, 0.4) is 0 Å². The van der Waals surface area contributed by atoms with Crippen LogP contribution >= 0.6 is 11.6 Å². The van der Waals surface area contributed by atoms with Crippen molar-refractivity contribution in [2.75, 3.05) is 0 Å². The number of rotatable bonds is 5. The van der Waals surface area contributed by atoms with E-state index in [0.717, 1.165) is 39.0 Å². The molecule has 9 heteroatoms. The van der Waals surface area contributed by atoms with Gasteiger partial charge in [0.15, 0.2) is 0 Å². The van der Waals surface area contributed by atoms with Gasteiger partial charge in [0.2, 0.25) is 0 Å². The normalized spacial score (nSPS) is 17.1. The van der Waals surface area contributed by atoms with Gasteiger partial charge in [-0.25, -0.2) is 9.67 Å². The summed E-state index contributed by atoms with van der Waals surface area (Å²) in [5.41, 5.74) is 6.25. The molecule has 0 bridgehead atoms. The van der Waals surface area contributed by atoms with Gasteiger partial charge in [0.25, 0.3) is 5.91 Å². The van der Waals surface area contributed by atoms with Crippen LogP contribution in [0.5, 0.6) is 0 Å². The van der Waals surface area contributed by atoms with Crippen LogP contribution in [0.15, 0.2) is 78.2 Å². The third-order valence-corrected chi connectivity index (χ3v) is 8.12. The molecule has 0 saturated carbocycles. The molecule has 202 valence electrons. The minimum atomic E-state index is -0.686. The molecule has 40 heavy (non-hydrogen) atoms. The second-order valence-electron chi connectivity index (χ2n) is 10.4. The van der Waals surface area contributed by atoms with Gasteiger partial charge in [-0.2, -0.15) is 5.10 Å². The highest BCUT2D eigenvalue weighted by Crippen LogP contribution is 2.40. The lowest BCUT2D eigenvalue weighted by Crippen LogP contribution is -2.51. The van der Waals surface area contributed by atoms with Crippen LogP contribution in [0, 0.1) is 13.8 Å². The number of nitrogens with one attached hydrogen (secondary N) is 1. The molecule has 6 rings (SSSR count). The molecule has 0 spiro atoms. The zero-order chi connectivity index (χ0) is 28.0. The predicted octanol–water partition coefficient (Wildman–Crippen LogP) is 5.96. The van der Waals surface area contributed by atoms with Gasteiger partial charge in [-0.05, 0) is 69.5 Å². The third kappa shape index (κ3) is 4.34. The van der Waals surface area contributed by atoms with E-state index >= 15 is 0 Å². The maximum Gasteiger partial charge on any atom is 0.253 e. The number of aromatic nitrogens is 4. The number of fused-ring (bicyclic) bond motifs is 3. The number of carbonyl (C=O) groups is 1. The molecular weight excluding hydrogens is 524 g/mol. The first kappa shape index (κ1) is 25.8. The van der Waals surface area contributed by atoms with Crippen molar-refractivity contribution in [2.24, 2.45) is 5.16 Å². The molecule has 5 aromatic rings. The molecule has 2 aromatic heterocycles. The van der Waals surface area contributed by atoms with E-state index in [1.165, 1.54) is 0 Å². The number of amides is 1. The van der Waals surface area contributed by atoms with Gasteiger partial charge in [-0.1, -0.05) is 58.7 Å². The van der Waals surface area contributed by atoms with Crippen LogP contribution in [0.2, 0.25) is 5.02 Å². The molecule has 8 nitrogen and oxygen atoms in total. The number of nitrogens with zero attached hydrogens (tertiary/aromatic N) is 5. The number of hydrogen-bond donors (Lipinski definition) is 2. The first-order valence-corrected chi connectivity index (χ1v) is 13.5. The Kier molecular flexibility index (Phi) is 6.43. The molecule has 1 atom stereocenters. The summed E-state index contributed by atoms with van der Waals surface area (Å²) in [7, 11) is 0. The smallest absolute Gasteiger partial charge is 0.253 e. The number of oxime groups is 1. The highest BCUT2D eigenvalue weighted by atomic mass is 35.5. The average molecular weight is 553 g/mol. The van der Waals surface area contributed by atoms with Gasteiger partial charge in [0.1, 0.15) is 12.2 Å². The number of hydrogen-bond acceptors (Lipinski definition) is 5. The van der Waals surface area contributed by atoms with Crippen molar-refractivity contribution in [1.29, 1.82) is 0 Å². The predicted molar refractivity (Wildman–Crippen MR) is 156 cm³/mol.